The van der Waals surface area contributed by atoms with E-state index in [1.54, 1.807) is 11.3 Å². The zero-order valence-corrected chi connectivity index (χ0v) is 12.6. The van der Waals surface area contributed by atoms with Crippen LogP contribution < -0.4 is 0 Å². The summed E-state index contributed by atoms with van der Waals surface area (Å²) in [6.07, 6.45) is 4.91. The van der Waals surface area contributed by atoms with Crippen LogP contribution in [0.3, 0.4) is 0 Å². The molecule has 1 aromatic heterocycles. The number of nitrogens with zero attached hydrogens (tertiary/aromatic N) is 1. The molecule has 0 aliphatic heterocycles. The standard InChI is InChI=1S/C15H23NO2S/c1-3-12-6-7-14(19-12)13(17)10-16(2)11-15(18)8-4-5-9-15/h6-7,18H,3-5,8-11H2,1-2H3. The molecule has 1 N–H and O–H groups in total. The quantitative estimate of drug-likeness (QED) is 0.815. The van der Waals surface area contributed by atoms with Gasteiger partial charge in [0.15, 0.2) is 5.78 Å². The van der Waals surface area contributed by atoms with Gasteiger partial charge < -0.3 is 5.11 Å². The number of hydrogen-bond donors (Lipinski definition) is 1. The zero-order chi connectivity index (χ0) is 13.9. The smallest absolute Gasteiger partial charge is 0.186 e. The molecule has 1 aromatic rings. The van der Waals surface area contributed by atoms with Gasteiger partial charge in [0.1, 0.15) is 0 Å². The van der Waals surface area contributed by atoms with Crippen LogP contribution in [0.25, 0.3) is 0 Å². The number of likely N-dealkylation sites (N-methyl/N-ethyl adjacent to an activating group) is 1. The molecule has 1 fully saturated rings. The largest absolute Gasteiger partial charge is 0.389 e. The average Bonchev–Trinajstić information content (AvgIpc) is 2.97. The van der Waals surface area contributed by atoms with Crippen molar-refractivity contribution in [1.82, 2.24) is 4.90 Å². The number of Topliss-reactive ketones (excluding diaryl/α,β-unsaturated/α-hetero) is 1. The lowest BCUT2D eigenvalue weighted by Gasteiger charge is -2.27. The molecule has 0 bridgehead atoms. The van der Waals surface area contributed by atoms with Crippen molar-refractivity contribution in [2.75, 3.05) is 20.1 Å². The predicted molar refractivity (Wildman–Crippen MR) is 78.9 cm³/mol. The van der Waals surface area contributed by atoms with Crippen LogP contribution in [-0.2, 0) is 6.42 Å². The summed E-state index contributed by atoms with van der Waals surface area (Å²) in [6.45, 7) is 3.10. The van der Waals surface area contributed by atoms with Gasteiger partial charge in [0.25, 0.3) is 0 Å². The molecule has 1 heterocycles. The second-order valence-electron chi connectivity index (χ2n) is 5.65. The van der Waals surface area contributed by atoms with E-state index in [0.29, 0.717) is 13.1 Å². The summed E-state index contributed by atoms with van der Waals surface area (Å²) >= 11 is 1.59. The van der Waals surface area contributed by atoms with Crippen LogP contribution in [0.1, 0.15) is 47.2 Å². The second kappa shape index (κ2) is 6.16. The Kier molecular flexibility index (Phi) is 4.76. The molecular formula is C15H23NO2S. The minimum atomic E-state index is -0.570. The van der Waals surface area contributed by atoms with E-state index in [1.165, 1.54) is 4.88 Å². The van der Waals surface area contributed by atoms with E-state index < -0.39 is 5.60 Å². The molecule has 0 radical (unpaired) electrons. The molecule has 19 heavy (non-hydrogen) atoms. The summed E-state index contributed by atoms with van der Waals surface area (Å²) in [5.74, 6) is 0.161. The summed E-state index contributed by atoms with van der Waals surface area (Å²) in [4.78, 5) is 16.2. The van der Waals surface area contributed by atoms with Crippen molar-refractivity contribution >= 4 is 17.1 Å². The lowest BCUT2D eigenvalue weighted by molar-refractivity contribution is 0.0173. The Hall–Kier alpha value is -0.710. The number of rotatable bonds is 6. The summed E-state index contributed by atoms with van der Waals surface area (Å²) in [7, 11) is 1.92. The van der Waals surface area contributed by atoms with Crippen molar-refractivity contribution in [2.45, 2.75) is 44.6 Å². The van der Waals surface area contributed by atoms with Crippen LogP contribution in [0.4, 0.5) is 0 Å². The third kappa shape index (κ3) is 3.88. The van der Waals surface area contributed by atoms with Crippen molar-refractivity contribution < 1.29 is 9.90 Å². The van der Waals surface area contributed by atoms with Crippen molar-refractivity contribution in [1.29, 1.82) is 0 Å². The Labute approximate surface area is 119 Å². The summed E-state index contributed by atoms with van der Waals surface area (Å²) in [5, 5.41) is 10.3. The maximum absolute atomic E-state index is 12.1. The van der Waals surface area contributed by atoms with Gasteiger partial charge in [-0.2, -0.15) is 0 Å². The second-order valence-corrected chi connectivity index (χ2v) is 6.81. The van der Waals surface area contributed by atoms with Gasteiger partial charge in [-0.1, -0.05) is 19.8 Å². The molecule has 1 saturated carbocycles. The van der Waals surface area contributed by atoms with Crippen LogP contribution in [0.5, 0.6) is 0 Å². The zero-order valence-electron chi connectivity index (χ0n) is 11.8. The van der Waals surface area contributed by atoms with Crippen molar-refractivity contribution in [3.8, 4) is 0 Å². The number of hydrogen-bond acceptors (Lipinski definition) is 4. The van der Waals surface area contributed by atoms with Crippen molar-refractivity contribution in [2.24, 2.45) is 0 Å². The van der Waals surface area contributed by atoms with Crippen molar-refractivity contribution in [3.63, 3.8) is 0 Å². The molecule has 3 nitrogen and oxygen atoms in total. The third-order valence-electron chi connectivity index (χ3n) is 3.80. The fourth-order valence-electron chi connectivity index (χ4n) is 2.79. The van der Waals surface area contributed by atoms with Gasteiger partial charge >= 0.3 is 0 Å². The third-order valence-corrected chi connectivity index (χ3v) is 5.07. The first kappa shape index (κ1) is 14.7. The van der Waals surface area contributed by atoms with Crippen molar-refractivity contribution in [3.05, 3.63) is 21.9 Å². The van der Waals surface area contributed by atoms with E-state index in [9.17, 15) is 9.90 Å². The molecular weight excluding hydrogens is 258 g/mol. The highest BCUT2D eigenvalue weighted by atomic mass is 32.1. The Bertz CT molecular complexity index is 435. The highest BCUT2D eigenvalue weighted by molar-refractivity contribution is 7.14. The van der Waals surface area contributed by atoms with Gasteiger partial charge in [-0.25, -0.2) is 0 Å². The molecule has 4 heteroatoms. The number of aliphatic hydroxyl groups is 1. The fraction of sp³-hybridized carbons (Fsp3) is 0.667. The SMILES string of the molecule is CCc1ccc(C(=O)CN(C)CC2(O)CCCC2)s1. The molecule has 1 aliphatic carbocycles. The topological polar surface area (TPSA) is 40.5 Å². The Morgan fingerprint density at radius 2 is 2.11 bits per heavy atom. The monoisotopic (exact) mass is 281 g/mol. The van der Waals surface area contributed by atoms with Gasteiger partial charge in [0.05, 0.1) is 17.0 Å². The van der Waals surface area contributed by atoms with Gasteiger partial charge in [-0.05, 0) is 38.4 Å². The van der Waals surface area contributed by atoms with Crippen LogP contribution in [-0.4, -0.2) is 41.5 Å². The predicted octanol–water partition coefficient (Wildman–Crippen LogP) is 2.73. The maximum Gasteiger partial charge on any atom is 0.186 e. The maximum atomic E-state index is 12.1. The Morgan fingerprint density at radius 3 is 2.68 bits per heavy atom. The molecule has 106 valence electrons. The van der Waals surface area contributed by atoms with Crippen LogP contribution in [0.2, 0.25) is 0 Å². The molecule has 0 unspecified atom stereocenters. The van der Waals surface area contributed by atoms with Gasteiger partial charge in [-0.3, -0.25) is 9.69 Å². The van der Waals surface area contributed by atoms with E-state index in [0.717, 1.165) is 37.0 Å². The molecule has 2 rings (SSSR count). The van der Waals surface area contributed by atoms with Gasteiger partial charge in [0, 0.05) is 11.4 Å². The van der Waals surface area contributed by atoms with Crippen LogP contribution in [0, 0.1) is 0 Å². The fourth-order valence-corrected chi connectivity index (χ4v) is 3.67. The minimum Gasteiger partial charge on any atom is -0.389 e. The molecule has 1 aliphatic rings. The number of carbonyl (C=O) groups is 1. The molecule has 0 amide bonds. The van der Waals surface area contributed by atoms with Gasteiger partial charge in [0.2, 0.25) is 0 Å². The highest BCUT2D eigenvalue weighted by Gasteiger charge is 2.32. The molecule has 0 saturated heterocycles. The number of aryl methyl sites for hydroxylation is 1. The van der Waals surface area contributed by atoms with E-state index in [1.807, 2.05) is 24.1 Å². The first-order chi connectivity index (χ1) is 9.02. The van der Waals surface area contributed by atoms with E-state index in [-0.39, 0.29) is 5.78 Å². The first-order valence-electron chi connectivity index (χ1n) is 7.05. The normalized spacial score (nSPS) is 18.1. The minimum absolute atomic E-state index is 0.161. The summed E-state index contributed by atoms with van der Waals surface area (Å²) in [5.41, 5.74) is -0.570. The lowest BCUT2D eigenvalue weighted by Crippen LogP contribution is -2.41. The number of thiophene rings is 1. The van der Waals surface area contributed by atoms with E-state index in [2.05, 4.69) is 6.92 Å². The average molecular weight is 281 g/mol. The van der Waals surface area contributed by atoms with Crippen LogP contribution in [0.15, 0.2) is 12.1 Å². The van der Waals surface area contributed by atoms with Gasteiger partial charge in [-0.15, -0.1) is 11.3 Å². The highest BCUT2D eigenvalue weighted by Crippen LogP contribution is 2.30. The molecule has 0 atom stereocenters. The lowest BCUT2D eigenvalue weighted by atomic mass is 10.0. The van der Waals surface area contributed by atoms with E-state index >= 15 is 0 Å². The summed E-state index contributed by atoms with van der Waals surface area (Å²) < 4.78 is 0. The Balaban J connectivity index is 1.87. The number of ketones is 1. The Morgan fingerprint density at radius 1 is 1.42 bits per heavy atom. The summed E-state index contributed by atoms with van der Waals surface area (Å²) in [6, 6.07) is 3.95. The van der Waals surface area contributed by atoms with Crippen LogP contribution >= 0.6 is 11.3 Å². The molecule has 0 spiro atoms. The first-order valence-corrected chi connectivity index (χ1v) is 7.87. The molecule has 0 aromatic carbocycles. The number of carbonyl (C=O) groups excluding carboxylic acids is 1. The van der Waals surface area contributed by atoms with E-state index in [4.69, 9.17) is 0 Å².